The first-order valence-corrected chi connectivity index (χ1v) is 12.2. The second kappa shape index (κ2) is 9.34. The molecular formula is C26H26F2N8. The van der Waals surface area contributed by atoms with Crippen LogP contribution in [0.4, 0.5) is 26.2 Å². The van der Waals surface area contributed by atoms with E-state index in [0.29, 0.717) is 23.6 Å². The van der Waals surface area contributed by atoms with Gasteiger partial charge < -0.3 is 15.5 Å². The standard InChI is InChI=1S/C26H26F2N8/c1-29-18-3-2-8-36(14-18)26-23-19(15-4-5-15)12-30-13-21(23)33-24(35-26)16-6-7-31-22(9-16)34-25-20(28)10-17(27)11-32-25/h6-7,9-13,15,18,29H,2-5,8,14H2,1H3,(H,31,32,34)/t18-/m0/s1. The summed E-state index contributed by atoms with van der Waals surface area (Å²) in [6, 6.07) is 4.72. The van der Waals surface area contributed by atoms with Crippen molar-refractivity contribution in [2.24, 2.45) is 0 Å². The SMILES string of the molecule is CN[C@H]1CCCN(c2nc(-c3ccnc(Nc4ncc(F)cc4F)c3)nc3cncc(C4CC4)c23)C1. The zero-order valence-corrected chi connectivity index (χ0v) is 19.9. The number of piperidine rings is 1. The first kappa shape index (κ1) is 22.7. The van der Waals surface area contributed by atoms with Gasteiger partial charge in [0.2, 0.25) is 0 Å². The molecule has 5 heterocycles. The second-order valence-corrected chi connectivity index (χ2v) is 9.38. The van der Waals surface area contributed by atoms with Crippen LogP contribution in [0.1, 0.15) is 37.2 Å². The molecule has 4 aromatic heterocycles. The minimum absolute atomic E-state index is 0.106. The lowest BCUT2D eigenvalue weighted by Crippen LogP contribution is -2.45. The molecule has 0 bridgehead atoms. The Bertz CT molecular complexity index is 1420. The topological polar surface area (TPSA) is 91.8 Å². The van der Waals surface area contributed by atoms with Crippen molar-refractivity contribution in [2.75, 3.05) is 30.4 Å². The van der Waals surface area contributed by atoms with E-state index in [1.807, 2.05) is 19.3 Å². The van der Waals surface area contributed by atoms with Gasteiger partial charge in [0.15, 0.2) is 17.5 Å². The average molecular weight is 489 g/mol. The Labute approximate surface area is 207 Å². The Morgan fingerprint density at radius 1 is 1.03 bits per heavy atom. The molecule has 0 aromatic carbocycles. The summed E-state index contributed by atoms with van der Waals surface area (Å²) in [5, 5.41) is 7.31. The van der Waals surface area contributed by atoms with E-state index in [1.165, 1.54) is 5.56 Å². The lowest BCUT2D eigenvalue weighted by atomic mass is 10.0. The van der Waals surface area contributed by atoms with Gasteiger partial charge in [-0.15, -0.1) is 0 Å². The van der Waals surface area contributed by atoms with E-state index in [4.69, 9.17) is 9.97 Å². The molecule has 36 heavy (non-hydrogen) atoms. The van der Waals surface area contributed by atoms with Gasteiger partial charge in [0.1, 0.15) is 17.5 Å². The molecule has 1 aliphatic carbocycles. The summed E-state index contributed by atoms with van der Waals surface area (Å²) in [6.07, 6.45) is 10.9. The molecule has 6 rings (SSSR count). The van der Waals surface area contributed by atoms with Gasteiger partial charge in [-0.25, -0.2) is 28.7 Å². The molecule has 0 amide bonds. The summed E-state index contributed by atoms with van der Waals surface area (Å²) in [6.45, 7) is 1.79. The maximum atomic E-state index is 14.1. The van der Waals surface area contributed by atoms with Crippen LogP contribution in [0, 0.1) is 11.6 Å². The van der Waals surface area contributed by atoms with E-state index in [9.17, 15) is 8.78 Å². The second-order valence-electron chi connectivity index (χ2n) is 9.38. The van der Waals surface area contributed by atoms with Crippen LogP contribution in [0.2, 0.25) is 0 Å². The molecule has 1 atom stereocenters. The average Bonchev–Trinajstić information content (AvgIpc) is 3.75. The van der Waals surface area contributed by atoms with Crippen LogP contribution < -0.4 is 15.5 Å². The molecule has 4 aromatic rings. The number of nitrogens with one attached hydrogen (secondary N) is 2. The molecule has 2 aliphatic rings. The molecule has 2 N–H and O–H groups in total. The van der Waals surface area contributed by atoms with Gasteiger partial charge in [-0.2, -0.15) is 0 Å². The highest BCUT2D eigenvalue weighted by atomic mass is 19.1. The minimum Gasteiger partial charge on any atom is -0.354 e. The molecule has 2 fully saturated rings. The normalized spacial score (nSPS) is 18.0. The quantitative estimate of drug-likeness (QED) is 0.408. The predicted octanol–water partition coefficient (Wildman–Crippen LogP) is 4.57. The highest BCUT2D eigenvalue weighted by molar-refractivity contribution is 5.94. The molecule has 1 saturated heterocycles. The van der Waals surface area contributed by atoms with E-state index in [-0.39, 0.29) is 5.82 Å². The number of anilines is 3. The van der Waals surface area contributed by atoms with Gasteiger partial charge >= 0.3 is 0 Å². The van der Waals surface area contributed by atoms with Crippen molar-refractivity contribution in [2.45, 2.75) is 37.6 Å². The van der Waals surface area contributed by atoms with Crippen LogP contribution in [0.5, 0.6) is 0 Å². The third-order valence-corrected chi connectivity index (χ3v) is 6.84. The minimum atomic E-state index is -0.797. The van der Waals surface area contributed by atoms with Crippen LogP contribution in [0.15, 0.2) is 43.0 Å². The summed E-state index contributed by atoms with van der Waals surface area (Å²) in [4.78, 5) is 24.8. The first-order chi connectivity index (χ1) is 17.6. The fraction of sp³-hybridized carbons (Fsp3) is 0.346. The predicted molar refractivity (Wildman–Crippen MR) is 134 cm³/mol. The van der Waals surface area contributed by atoms with Gasteiger partial charge in [0.05, 0.1) is 17.9 Å². The molecule has 0 unspecified atom stereocenters. The Morgan fingerprint density at radius 3 is 2.72 bits per heavy atom. The zero-order valence-electron chi connectivity index (χ0n) is 19.9. The number of pyridine rings is 3. The molecular weight excluding hydrogens is 462 g/mol. The lowest BCUT2D eigenvalue weighted by Gasteiger charge is -2.34. The Kier molecular flexibility index (Phi) is 5.88. The number of halogens is 2. The van der Waals surface area contributed by atoms with E-state index in [1.54, 1.807) is 18.5 Å². The summed E-state index contributed by atoms with van der Waals surface area (Å²) >= 11 is 0. The number of hydrogen-bond acceptors (Lipinski definition) is 8. The smallest absolute Gasteiger partial charge is 0.168 e. The maximum absolute atomic E-state index is 14.1. The maximum Gasteiger partial charge on any atom is 0.168 e. The van der Waals surface area contributed by atoms with E-state index in [2.05, 4.69) is 30.5 Å². The third-order valence-electron chi connectivity index (χ3n) is 6.84. The Morgan fingerprint density at radius 2 is 1.92 bits per heavy atom. The molecule has 8 nitrogen and oxygen atoms in total. The van der Waals surface area contributed by atoms with Crippen molar-refractivity contribution in [3.63, 3.8) is 0 Å². The van der Waals surface area contributed by atoms with Crippen molar-refractivity contribution in [3.8, 4) is 11.4 Å². The van der Waals surface area contributed by atoms with Gasteiger partial charge in [-0.1, -0.05) is 0 Å². The summed E-state index contributed by atoms with van der Waals surface area (Å²) in [5.74, 6) is 0.686. The highest BCUT2D eigenvalue weighted by Crippen LogP contribution is 2.45. The van der Waals surface area contributed by atoms with E-state index < -0.39 is 11.6 Å². The molecule has 0 radical (unpaired) electrons. The number of fused-ring (bicyclic) bond motifs is 1. The van der Waals surface area contributed by atoms with Crippen molar-refractivity contribution in [1.29, 1.82) is 0 Å². The third kappa shape index (κ3) is 4.44. The number of aromatic nitrogens is 5. The molecule has 0 spiro atoms. The van der Waals surface area contributed by atoms with Gasteiger partial charge in [0.25, 0.3) is 0 Å². The van der Waals surface area contributed by atoms with Gasteiger partial charge in [0, 0.05) is 48.5 Å². The summed E-state index contributed by atoms with van der Waals surface area (Å²) in [5.41, 5.74) is 2.75. The number of nitrogens with zero attached hydrogens (tertiary/aromatic N) is 6. The van der Waals surface area contributed by atoms with Crippen LogP contribution in [0.3, 0.4) is 0 Å². The zero-order chi connectivity index (χ0) is 24.6. The van der Waals surface area contributed by atoms with Crippen molar-refractivity contribution in [3.05, 3.63) is 60.2 Å². The van der Waals surface area contributed by atoms with Crippen molar-refractivity contribution >= 4 is 28.4 Å². The van der Waals surface area contributed by atoms with Crippen LogP contribution >= 0.6 is 0 Å². The van der Waals surface area contributed by atoms with E-state index in [0.717, 1.165) is 73.3 Å². The van der Waals surface area contributed by atoms with Crippen molar-refractivity contribution < 1.29 is 8.78 Å². The Balaban J connectivity index is 1.43. The fourth-order valence-electron chi connectivity index (χ4n) is 4.82. The Hall–Kier alpha value is -3.79. The number of hydrogen-bond donors (Lipinski definition) is 2. The van der Waals surface area contributed by atoms with Gasteiger partial charge in [-0.05, 0) is 56.3 Å². The van der Waals surface area contributed by atoms with Crippen LogP contribution in [-0.4, -0.2) is 51.1 Å². The largest absolute Gasteiger partial charge is 0.354 e. The number of likely N-dealkylation sites (N-methyl/N-ethyl adjacent to an activating group) is 1. The molecule has 1 saturated carbocycles. The summed E-state index contributed by atoms with van der Waals surface area (Å²) in [7, 11) is 2.00. The lowest BCUT2D eigenvalue weighted by molar-refractivity contribution is 0.448. The fourth-order valence-corrected chi connectivity index (χ4v) is 4.82. The molecule has 10 heteroatoms. The summed E-state index contributed by atoms with van der Waals surface area (Å²) < 4.78 is 27.4. The molecule has 184 valence electrons. The van der Waals surface area contributed by atoms with Crippen LogP contribution in [-0.2, 0) is 0 Å². The van der Waals surface area contributed by atoms with Gasteiger partial charge in [-0.3, -0.25) is 4.98 Å². The number of rotatable bonds is 6. The van der Waals surface area contributed by atoms with Crippen LogP contribution in [0.25, 0.3) is 22.3 Å². The first-order valence-electron chi connectivity index (χ1n) is 12.2. The highest BCUT2D eigenvalue weighted by Gasteiger charge is 2.30. The molecule has 1 aliphatic heterocycles. The monoisotopic (exact) mass is 488 g/mol. The van der Waals surface area contributed by atoms with E-state index >= 15 is 0 Å². The van der Waals surface area contributed by atoms with Crippen molar-refractivity contribution in [1.82, 2.24) is 30.2 Å².